The van der Waals surface area contributed by atoms with E-state index in [0.717, 1.165) is 38.8 Å². The molecule has 2 atom stereocenters. The van der Waals surface area contributed by atoms with Crippen molar-refractivity contribution in [3.05, 3.63) is 35.9 Å². The van der Waals surface area contributed by atoms with Gasteiger partial charge < -0.3 is 10.6 Å². The number of halogens is 1. The van der Waals surface area contributed by atoms with Gasteiger partial charge in [0.25, 0.3) is 0 Å². The molecule has 0 radical (unpaired) electrons. The second-order valence-corrected chi connectivity index (χ2v) is 7.25. The first-order valence-corrected chi connectivity index (χ1v) is 9.54. The lowest BCUT2D eigenvalue weighted by Crippen LogP contribution is -2.58. The summed E-state index contributed by atoms with van der Waals surface area (Å²) in [6.07, 6.45) is 6.81. The molecule has 2 heterocycles. The summed E-state index contributed by atoms with van der Waals surface area (Å²) in [6.45, 7) is 2.56. The first kappa shape index (κ1) is 20.7. The van der Waals surface area contributed by atoms with E-state index in [1.807, 2.05) is 18.2 Å². The summed E-state index contributed by atoms with van der Waals surface area (Å²) in [4.78, 5) is 29.3. The van der Waals surface area contributed by atoms with Crippen molar-refractivity contribution in [1.82, 2.24) is 9.80 Å². The highest BCUT2D eigenvalue weighted by molar-refractivity contribution is 5.89. The summed E-state index contributed by atoms with van der Waals surface area (Å²) >= 11 is 0. The number of benzene rings is 1. The minimum Gasteiger partial charge on any atom is -0.368 e. The molecule has 2 N–H and O–H groups in total. The van der Waals surface area contributed by atoms with Gasteiger partial charge in [0.15, 0.2) is 0 Å². The van der Waals surface area contributed by atoms with E-state index in [9.17, 15) is 9.59 Å². The molecule has 2 fully saturated rings. The SMILES string of the molecule is Cl.NC(=O)C1CCCCN1C(=O)C(Cc1ccccc1)N1CCCCC1. The fourth-order valence-electron chi connectivity index (χ4n) is 4.12. The number of carbonyl (C=O) groups excluding carboxylic acids is 2. The van der Waals surface area contributed by atoms with E-state index in [1.54, 1.807) is 4.90 Å². The molecule has 2 amide bonds. The lowest BCUT2D eigenvalue weighted by molar-refractivity contribution is -0.146. The van der Waals surface area contributed by atoms with E-state index in [1.165, 1.54) is 12.0 Å². The fraction of sp³-hybridized carbons (Fsp3) is 0.600. The molecule has 144 valence electrons. The number of nitrogens with zero attached hydrogens (tertiary/aromatic N) is 2. The van der Waals surface area contributed by atoms with E-state index in [-0.39, 0.29) is 30.3 Å². The quantitative estimate of drug-likeness (QED) is 0.854. The first-order valence-electron chi connectivity index (χ1n) is 9.54. The van der Waals surface area contributed by atoms with Gasteiger partial charge in [-0.15, -0.1) is 12.4 Å². The summed E-state index contributed by atoms with van der Waals surface area (Å²) in [5.41, 5.74) is 6.75. The Kier molecular flexibility index (Phi) is 7.91. The molecule has 0 aliphatic carbocycles. The van der Waals surface area contributed by atoms with E-state index >= 15 is 0 Å². The van der Waals surface area contributed by atoms with Gasteiger partial charge in [0.05, 0.1) is 6.04 Å². The van der Waals surface area contributed by atoms with Gasteiger partial charge in [-0.3, -0.25) is 14.5 Å². The van der Waals surface area contributed by atoms with Crippen molar-refractivity contribution in [3.63, 3.8) is 0 Å². The molecule has 2 aliphatic heterocycles. The van der Waals surface area contributed by atoms with Crippen LogP contribution in [0.4, 0.5) is 0 Å². The minimum atomic E-state index is -0.440. The maximum atomic E-state index is 13.4. The molecular formula is C20H30ClN3O2. The topological polar surface area (TPSA) is 66.6 Å². The standard InChI is InChI=1S/C20H29N3O2.ClH/c21-19(24)17-11-5-8-14-23(17)20(25)18(22-12-6-2-7-13-22)15-16-9-3-1-4-10-16;/h1,3-4,9-10,17-18H,2,5-8,11-15H2,(H2,21,24);1H. The monoisotopic (exact) mass is 379 g/mol. The van der Waals surface area contributed by atoms with Crippen LogP contribution in [-0.4, -0.2) is 53.3 Å². The Bertz CT molecular complexity index is 590. The van der Waals surface area contributed by atoms with Crippen molar-refractivity contribution in [2.75, 3.05) is 19.6 Å². The van der Waals surface area contributed by atoms with Crippen LogP contribution in [0.1, 0.15) is 44.1 Å². The van der Waals surface area contributed by atoms with Gasteiger partial charge >= 0.3 is 0 Å². The van der Waals surface area contributed by atoms with E-state index in [0.29, 0.717) is 19.4 Å². The highest BCUT2D eigenvalue weighted by Gasteiger charge is 2.37. The molecule has 26 heavy (non-hydrogen) atoms. The van der Waals surface area contributed by atoms with Gasteiger partial charge in [0, 0.05) is 6.54 Å². The Morgan fingerprint density at radius 3 is 2.31 bits per heavy atom. The number of likely N-dealkylation sites (tertiary alicyclic amines) is 2. The lowest BCUT2D eigenvalue weighted by atomic mass is 9.96. The number of piperidine rings is 2. The maximum absolute atomic E-state index is 13.4. The number of primary amides is 1. The number of nitrogens with two attached hydrogens (primary N) is 1. The van der Waals surface area contributed by atoms with Gasteiger partial charge in [-0.25, -0.2) is 0 Å². The average Bonchev–Trinajstić information content (AvgIpc) is 2.67. The molecule has 0 spiro atoms. The highest BCUT2D eigenvalue weighted by atomic mass is 35.5. The van der Waals surface area contributed by atoms with Gasteiger partial charge in [-0.05, 0) is 57.2 Å². The maximum Gasteiger partial charge on any atom is 0.240 e. The van der Waals surface area contributed by atoms with Crippen LogP contribution < -0.4 is 5.73 Å². The number of amides is 2. The summed E-state index contributed by atoms with van der Waals surface area (Å²) in [7, 11) is 0. The molecule has 2 aliphatic rings. The van der Waals surface area contributed by atoms with Crippen molar-refractivity contribution in [3.8, 4) is 0 Å². The third-order valence-electron chi connectivity index (χ3n) is 5.50. The Balaban J connectivity index is 0.00000243. The Morgan fingerprint density at radius 1 is 1.00 bits per heavy atom. The van der Waals surface area contributed by atoms with Gasteiger partial charge in [-0.1, -0.05) is 36.8 Å². The van der Waals surface area contributed by atoms with Gasteiger partial charge in [-0.2, -0.15) is 0 Å². The predicted octanol–water partition coefficient (Wildman–Crippen LogP) is 2.37. The number of hydrogen-bond donors (Lipinski definition) is 1. The molecule has 3 rings (SSSR count). The van der Waals surface area contributed by atoms with E-state index in [4.69, 9.17) is 5.73 Å². The van der Waals surface area contributed by atoms with Gasteiger partial charge in [0.1, 0.15) is 6.04 Å². The molecule has 0 saturated carbocycles. The van der Waals surface area contributed by atoms with Crippen LogP contribution in [-0.2, 0) is 16.0 Å². The zero-order valence-electron chi connectivity index (χ0n) is 15.3. The average molecular weight is 380 g/mol. The van der Waals surface area contributed by atoms with Crippen molar-refractivity contribution in [2.45, 2.75) is 57.0 Å². The minimum absolute atomic E-state index is 0. The number of carbonyl (C=O) groups is 2. The molecule has 5 nitrogen and oxygen atoms in total. The molecule has 1 aromatic carbocycles. The smallest absolute Gasteiger partial charge is 0.240 e. The lowest BCUT2D eigenvalue weighted by Gasteiger charge is -2.40. The van der Waals surface area contributed by atoms with Crippen LogP contribution >= 0.6 is 12.4 Å². The summed E-state index contributed by atoms with van der Waals surface area (Å²) < 4.78 is 0. The molecule has 6 heteroatoms. The summed E-state index contributed by atoms with van der Waals surface area (Å²) in [5, 5.41) is 0. The van der Waals surface area contributed by atoms with Crippen LogP contribution in [0, 0.1) is 0 Å². The molecule has 0 bridgehead atoms. The van der Waals surface area contributed by atoms with Crippen molar-refractivity contribution >= 4 is 24.2 Å². The Morgan fingerprint density at radius 2 is 1.65 bits per heavy atom. The Hall–Kier alpha value is -1.59. The fourth-order valence-corrected chi connectivity index (χ4v) is 4.12. The summed E-state index contributed by atoms with van der Waals surface area (Å²) in [5.74, 6) is -0.292. The number of rotatable bonds is 5. The Labute approximate surface area is 162 Å². The van der Waals surface area contributed by atoms with E-state index < -0.39 is 6.04 Å². The second kappa shape index (κ2) is 9.93. The largest absolute Gasteiger partial charge is 0.368 e. The van der Waals surface area contributed by atoms with Crippen molar-refractivity contribution in [1.29, 1.82) is 0 Å². The van der Waals surface area contributed by atoms with Crippen LogP contribution in [0.3, 0.4) is 0 Å². The third kappa shape index (κ3) is 4.98. The second-order valence-electron chi connectivity index (χ2n) is 7.25. The first-order chi connectivity index (χ1) is 12.2. The zero-order valence-corrected chi connectivity index (χ0v) is 16.1. The summed E-state index contributed by atoms with van der Waals surface area (Å²) in [6, 6.07) is 9.54. The number of hydrogen-bond acceptors (Lipinski definition) is 3. The molecular weight excluding hydrogens is 350 g/mol. The zero-order chi connectivity index (χ0) is 17.6. The normalized spacial score (nSPS) is 22.3. The van der Waals surface area contributed by atoms with Gasteiger partial charge in [0.2, 0.25) is 11.8 Å². The van der Waals surface area contributed by atoms with Crippen molar-refractivity contribution in [2.24, 2.45) is 5.73 Å². The molecule has 1 aromatic rings. The highest BCUT2D eigenvalue weighted by Crippen LogP contribution is 2.23. The van der Waals surface area contributed by atoms with Crippen LogP contribution in [0.15, 0.2) is 30.3 Å². The molecule has 2 saturated heterocycles. The predicted molar refractivity (Wildman–Crippen MR) is 105 cm³/mol. The molecule has 0 aromatic heterocycles. The van der Waals surface area contributed by atoms with E-state index in [2.05, 4.69) is 17.0 Å². The van der Waals surface area contributed by atoms with Crippen LogP contribution in [0.5, 0.6) is 0 Å². The van der Waals surface area contributed by atoms with Crippen molar-refractivity contribution < 1.29 is 9.59 Å². The third-order valence-corrected chi connectivity index (χ3v) is 5.50. The molecule has 2 unspecified atom stereocenters. The van der Waals surface area contributed by atoms with Crippen LogP contribution in [0.25, 0.3) is 0 Å². The van der Waals surface area contributed by atoms with Crippen LogP contribution in [0.2, 0.25) is 0 Å².